The van der Waals surface area contributed by atoms with Crippen molar-refractivity contribution in [3.8, 4) is 0 Å². The van der Waals surface area contributed by atoms with Crippen LogP contribution in [0.2, 0.25) is 0 Å². The Bertz CT molecular complexity index is 403. The number of urea groups is 1. The Hall–Kier alpha value is -1.67. The molecule has 0 unspecified atom stereocenters. The van der Waals surface area contributed by atoms with E-state index in [2.05, 4.69) is 15.6 Å². The monoisotopic (exact) mass is 300 g/mol. The van der Waals surface area contributed by atoms with Crippen molar-refractivity contribution in [2.24, 2.45) is 5.41 Å². The van der Waals surface area contributed by atoms with Gasteiger partial charge in [-0.15, -0.1) is 0 Å². The number of rotatable bonds is 5. The highest BCUT2D eigenvalue weighted by atomic mass is 16.4. The zero-order valence-electron chi connectivity index (χ0n) is 12.8. The molecule has 0 aromatic carbocycles. The first kappa shape index (κ1) is 17.4. The molecule has 0 aliphatic carbocycles. The van der Waals surface area contributed by atoms with Crippen molar-refractivity contribution in [2.75, 3.05) is 33.2 Å². The Morgan fingerprint density at radius 1 is 1.10 bits per heavy atom. The molecule has 1 fully saturated rings. The van der Waals surface area contributed by atoms with Gasteiger partial charge in [0, 0.05) is 32.6 Å². The van der Waals surface area contributed by atoms with E-state index in [9.17, 15) is 14.4 Å². The molecule has 21 heavy (non-hydrogen) atoms. The Kier molecular flexibility index (Phi) is 6.10. The maximum atomic E-state index is 11.8. The van der Waals surface area contributed by atoms with E-state index in [4.69, 9.17) is 5.11 Å². The lowest BCUT2D eigenvalue weighted by molar-refractivity contribution is -0.139. The second kappa shape index (κ2) is 7.37. The van der Waals surface area contributed by atoms with Crippen LogP contribution in [-0.2, 0) is 9.59 Å². The minimum Gasteiger partial charge on any atom is -0.481 e. The maximum Gasteiger partial charge on any atom is 0.335 e. The van der Waals surface area contributed by atoms with E-state index in [-0.39, 0.29) is 12.8 Å². The van der Waals surface area contributed by atoms with Crippen LogP contribution in [0.3, 0.4) is 0 Å². The number of carbonyl (C=O) groups is 3. The second-order valence-corrected chi connectivity index (χ2v) is 6.19. The summed E-state index contributed by atoms with van der Waals surface area (Å²) in [4.78, 5) is 36.3. The molecule has 0 atom stereocenters. The fraction of sp³-hybridized carbons (Fsp3) is 0.769. The van der Waals surface area contributed by atoms with Crippen molar-refractivity contribution in [1.29, 1.82) is 0 Å². The summed E-state index contributed by atoms with van der Waals surface area (Å²) in [6.45, 7) is 6.45. The lowest BCUT2D eigenvalue weighted by Gasteiger charge is -2.32. The Labute approximate surface area is 124 Å². The summed E-state index contributed by atoms with van der Waals surface area (Å²) < 4.78 is 0. The summed E-state index contributed by atoms with van der Waals surface area (Å²) in [7, 11) is 2.01. The number of carboxylic acid groups (broad SMARTS) is 1. The van der Waals surface area contributed by atoms with Crippen molar-refractivity contribution >= 4 is 17.9 Å². The van der Waals surface area contributed by atoms with Gasteiger partial charge in [-0.25, -0.2) is 9.80 Å². The number of carbonyl (C=O) groups excluding carboxylic acids is 2. The molecule has 0 bridgehead atoms. The summed E-state index contributed by atoms with van der Waals surface area (Å²) >= 11 is 0. The van der Waals surface area contributed by atoms with Crippen LogP contribution in [0.5, 0.6) is 0 Å². The average Bonchev–Trinajstić information content (AvgIpc) is 2.28. The summed E-state index contributed by atoms with van der Waals surface area (Å²) in [6.07, 6.45) is -0.143. The number of nitrogens with one attached hydrogen (secondary N) is 2. The summed E-state index contributed by atoms with van der Waals surface area (Å²) in [6, 6.07) is -0.573. The van der Waals surface area contributed by atoms with Crippen LogP contribution in [0.1, 0.15) is 26.7 Å². The quantitative estimate of drug-likeness (QED) is 0.653. The van der Waals surface area contributed by atoms with E-state index >= 15 is 0 Å². The Balaban J connectivity index is 2.33. The lowest BCUT2D eigenvalue weighted by atomic mass is 9.85. The number of hydrogen-bond donors (Lipinski definition) is 3. The van der Waals surface area contributed by atoms with Crippen LogP contribution in [0.15, 0.2) is 0 Å². The standard InChI is InChI=1S/C13H24N4O4/c1-13(2,9-11(19)20)8-10(18)14-12(21)15-17-6-4-16(3)5-7-17/h4-9H2,1-3H3,(H,19,20)(H2,14,15,18,21). The zero-order chi connectivity index (χ0) is 16.0. The average molecular weight is 300 g/mol. The number of hydrogen-bond acceptors (Lipinski definition) is 5. The molecular formula is C13H24N4O4. The van der Waals surface area contributed by atoms with Crippen molar-refractivity contribution in [3.63, 3.8) is 0 Å². The highest BCUT2D eigenvalue weighted by Crippen LogP contribution is 2.24. The third-order valence-corrected chi connectivity index (χ3v) is 3.28. The predicted octanol–water partition coefficient (Wildman–Crippen LogP) is -0.134. The van der Waals surface area contributed by atoms with Crippen LogP contribution in [0.4, 0.5) is 4.79 Å². The third-order valence-electron chi connectivity index (χ3n) is 3.28. The van der Waals surface area contributed by atoms with Gasteiger partial charge in [0.2, 0.25) is 5.91 Å². The summed E-state index contributed by atoms with van der Waals surface area (Å²) in [5.74, 6) is -1.44. The third kappa shape index (κ3) is 7.05. The van der Waals surface area contributed by atoms with E-state index in [0.717, 1.165) is 13.1 Å². The molecule has 3 N–H and O–H groups in total. The van der Waals surface area contributed by atoms with Gasteiger partial charge in [-0.05, 0) is 12.5 Å². The molecule has 1 heterocycles. The fourth-order valence-corrected chi connectivity index (χ4v) is 2.17. The first-order valence-electron chi connectivity index (χ1n) is 6.94. The van der Waals surface area contributed by atoms with E-state index in [1.165, 1.54) is 0 Å². The highest BCUT2D eigenvalue weighted by Gasteiger charge is 2.26. The molecule has 0 aromatic heterocycles. The molecule has 0 aromatic rings. The number of amides is 3. The minimum absolute atomic E-state index is 0.0184. The van der Waals surface area contributed by atoms with Crippen molar-refractivity contribution in [3.05, 3.63) is 0 Å². The summed E-state index contributed by atoms with van der Waals surface area (Å²) in [5, 5.41) is 12.7. The molecule has 1 aliphatic heterocycles. The molecule has 8 heteroatoms. The number of likely N-dealkylation sites (N-methyl/N-ethyl adjacent to an activating group) is 1. The minimum atomic E-state index is -0.963. The molecule has 0 spiro atoms. The second-order valence-electron chi connectivity index (χ2n) is 6.19. The molecule has 3 amide bonds. The molecule has 0 saturated carbocycles. The van der Waals surface area contributed by atoms with Crippen LogP contribution < -0.4 is 10.7 Å². The first-order valence-corrected chi connectivity index (χ1v) is 6.94. The van der Waals surface area contributed by atoms with Crippen molar-refractivity contribution in [2.45, 2.75) is 26.7 Å². The molecule has 1 rings (SSSR count). The number of piperazine rings is 1. The smallest absolute Gasteiger partial charge is 0.335 e. The van der Waals surface area contributed by atoms with Crippen LogP contribution in [0.25, 0.3) is 0 Å². The van der Waals surface area contributed by atoms with Gasteiger partial charge in [-0.2, -0.15) is 0 Å². The zero-order valence-corrected chi connectivity index (χ0v) is 12.8. The van der Waals surface area contributed by atoms with Crippen LogP contribution in [-0.4, -0.2) is 66.1 Å². The molecule has 0 radical (unpaired) electrons. The number of aliphatic carboxylic acids is 1. The number of nitrogens with zero attached hydrogens (tertiary/aromatic N) is 2. The van der Waals surface area contributed by atoms with Gasteiger partial charge in [0.25, 0.3) is 0 Å². The predicted molar refractivity (Wildman–Crippen MR) is 76.4 cm³/mol. The van der Waals surface area contributed by atoms with E-state index in [1.807, 2.05) is 7.05 Å². The van der Waals surface area contributed by atoms with Crippen molar-refractivity contribution in [1.82, 2.24) is 20.7 Å². The molecule has 1 saturated heterocycles. The van der Waals surface area contributed by atoms with E-state index in [0.29, 0.717) is 13.1 Å². The fourth-order valence-electron chi connectivity index (χ4n) is 2.17. The molecule has 120 valence electrons. The molecular weight excluding hydrogens is 276 g/mol. The van der Waals surface area contributed by atoms with E-state index < -0.39 is 23.3 Å². The highest BCUT2D eigenvalue weighted by molar-refractivity contribution is 5.94. The van der Waals surface area contributed by atoms with Gasteiger partial charge >= 0.3 is 12.0 Å². The first-order chi connectivity index (χ1) is 9.68. The number of hydrazine groups is 1. The molecule has 8 nitrogen and oxygen atoms in total. The van der Waals surface area contributed by atoms with Gasteiger partial charge < -0.3 is 10.0 Å². The molecule has 1 aliphatic rings. The maximum absolute atomic E-state index is 11.8. The normalized spacial score (nSPS) is 17.3. The van der Waals surface area contributed by atoms with Gasteiger partial charge in [-0.3, -0.25) is 20.3 Å². The SMILES string of the molecule is CN1CCN(NC(=O)NC(=O)CC(C)(C)CC(=O)O)CC1. The number of carboxylic acids is 1. The summed E-state index contributed by atoms with van der Waals surface area (Å²) in [5.41, 5.74) is 1.93. The van der Waals surface area contributed by atoms with Gasteiger partial charge in [0.15, 0.2) is 0 Å². The van der Waals surface area contributed by atoms with Gasteiger partial charge in [-0.1, -0.05) is 13.8 Å². The van der Waals surface area contributed by atoms with Gasteiger partial charge in [0.05, 0.1) is 6.42 Å². The topological polar surface area (TPSA) is 102 Å². The van der Waals surface area contributed by atoms with E-state index in [1.54, 1.807) is 18.9 Å². The van der Waals surface area contributed by atoms with Gasteiger partial charge in [0.1, 0.15) is 0 Å². The van der Waals surface area contributed by atoms with Crippen molar-refractivity contribution < 1.29 is 19.5 Å². The van der Waals surface area contributed by atoms with Crippen LogP contribution >= 0.6 is 0 Å². The lowest BCUT2D eigenvalue weighted by Crippen LogP contribution is -2.55. The Morgan fingerprint density at radius 2 is 1.67 bits per heavy atom. The largest absolute Gasteiger partial charge is 0.481 e. The van der Waals surface area contributed by atoms with Crippen LogP contribution in [0, 0.1) is 5.41 Å². The Morgan fingerprint density at radius 3 is 2.19 bits per heavy atom. The number of imide groups is 1.